The highest BCUT2D eigenvalue weighted by atomic mass is 16.3. The molecule has 7 aromatic rings. The fraction of sp³-hybridized carbons (Fsp3) is 0.184. The maximum absolute atomic E-state index is 6.58. The van der Waals surface area contributed by atoms with Crippen LogP contribution in [0.15, 0.2) is 108 Å². The number of furan rings is 1. The van der Waals surface area contributed by atoms with Gasteiger partial charge in [-0.2, -0.15) is 0 Å². The van der Waals surface area contributed by atoms with Gasteiger partial charge in [0.05, 0.1) is 22.3 Å². The van der Waals surface area contributed by atoms with Gasteiger partial charge in [0.2, 0.25) is 0 Å². The van der Waals surface area contributed by atoms with Crippen molar-refractivity contribution in [2.45, 2.75) is 46.5 Å². The number of imidazole rings is 1. The number of para-hydroxylation sites is 3. The van der Waals surface area contributed by atoms with Crippen LogP contribution in [0.3, 0.4) is 0 Å². The molecule has 0 aliphatic heterocycles. The van der Waals surface area contributed by atoms with Gasteiger partial charge in [0.25, 0.3) is 0 Å². The second kappa shape index (κ2) is 9.78. The molecule has 2 aromatic heterocycles. The number of rotatable bonds is 5. The molecule has 0 N–H and O–H groups in total. The van der Waals surface area contributed by atoms with Gasteiger partial charge in [0.1, 0.15) is 17.0 Å². The molecule has 202 valence electrons. The van der Waals surface area contributed by atoms with Crippen LogP contribution in [0.1, 0.15) is 56.2 Å². The Labute approximate surface area is 241 Å². The molecule has 0 atom stereocenters. The van der Waals surface area contributed by atoms with Crippen LogP contribution in [0, 0.1) is 6.92 Å². The lowest BCUT2D eigenvalue weighted by molar-refractivity contribution is 0.669. The second-order valence-corrected chi connectivity index (χ2v) is 11.7. The Kier molecular flexibility index (Phi) is 6.04. The number of aromatic nitrogens is 2. The molecule has 2 heterocycles. The summed E-state index contributed by atoms with van der Waals surface area (Å²) in [5, 5.41) is 2.30. The fourth-order valence-corrected chi connectivity index (χ4v) is 6.22. The second-order valence-electron chi connectivity index (χ2n) is 11.7. The van der Waals surface area contributed by atoms with E-state index in [-0.39, 0.29) is 0 Å². The first-order chi connectivity index (χ1) is 19.9. The summed E-state index contributed by atoms with van der Waals surface area (Å²) in [6.07, 6.45) is 0. The van der Waals surface area contributed by atoms with Crippen LogP contribution >= 0.6 is 0 Å². The SMILES string of the molecule is Cc1ccc(-c2nc3ccccc3n2-c2c(C(C)C)cc(-c3ccccc3)cc2C(C)C)c2oc3ccccc3c12. The Bertz CT molecular complexity index is 2030. The molecule has 3 heteroatoms. The van der Waals surface area contributed by atoms with Crippen molar-refractivity contribution in [3.05, 3.63) is 120 Å². The van der Waals surface area contributed by atoms with Crippen molar-refractivity contribution in [3.8, 4) is 28.2 Å². The number of benzene rings is 5. The van der Waals surface area contributed by atoms with Gasteiger partial charge in [0, 0.05) is 10.8 Å². The van der Waals surface area contributed by atoms with E-state index < -0.39 is 0 Å². The van der Waals surface area contributed by atoms with Crippen LogP contribution in [0.5, 0.6) is 0 Å². The van der Waals surface area contributed by atoms with E-state index in [1.54, 1.807) is 0 Å². The van der Waals surface area contributed by atoms with E-state index in [2.05, 4.69) is 136 Å². The number of hydrogen-bond acceptors (Lipinski definition) is 2. The average molecular weight is 535 g/mol. The molecular weight excluding hydrogens is 500 g/mol. The Balaban J connectivity index is 1.61. The van der Waals surface area contributed by atoms with E-state index in [1.807, 2.05) is 6.07 Å². The predicted octanol–water partition coefficient (Wildman–Crippen LogP) is 10.8. The van der Waals surface area contributed by atoms with Crippen LogP contribution in [-0.4, -0.2) is 9.55 Å². The molecule has 0 unspecified atom stereocenters. The molecule has 7 rings (SSSR count). The maximum atomic E-state index is 6.58. The molecule has 0 aliphatic carbocycles. The summed E-state index contributed by atoms with van der Waals surface area (Å²) in [5.41, 5.74) is 12.4. The summed E-state index contributed by atoms with van der Waals surface area (Å²) in [5.74, 6) is 1.53. The molecule has 3 nitrogen and oxygen atoms in total. The Morgan fingerprint density at radius 2 is 1.34 bits per heavy atom. The van der Waals surface area contributed by atoms with Gasteiger partial charge in [-0.15, -0.1) is 0 Å². The quantitative estimate of drug-likeness (QED) is 0.220. The molecule has 41 heavy (non-hydrogen) atoms. The standard InChI is InChI=1S/C38H34N2O/c1-23(2)30-21-27(26-13-7-6-8-14-26)22-31(24(3)4)36(30)40-33-17-11-10-16-32(33)39-38(40)29-20-19-25(5)35-28-15-9-12-18-34(28)41-37(29)35/h6-24H,1-5H3. The van der Waals surface area contributed by atoms with Crippen LogP contribution in [0.25, 0.3) is 61.2 Å². The number of fused-ring (bicyclic) bond motifs is 4. The van der Waals surface area contributed by atoms with Crippen molar-refractivity contribution in [1.82, 2.24) is 9.55 Å². The molecular formula is C38H34N2O. The minimum Gasteiger partial charge on any atom is -0.455 e. The molecule has 0 aliphatic rings. The molecule has 5 aromatic carbocycles. The lowest BCUT2D eigenvalue weighted by Crippen LogP contribution is -2.09. The van der Waals surface area contributed by atoms with Crippen molar-refractivity contribution in [3.63, 3.8) is 0 Å². The first-order valence-electron chi connectivity index (χ1n) is 14.5. The lowest BCUT2D eigenvalue weighted by atomic mass is 9.88. The van der Waals surface area contributed by atoms with Crippen molar-refractivity contribution in [2.24, 2.45) is 0 Å². The third-order valence-corrected chi connectivity index (χ3v) is 8.28. The van der Waals surface area contributed by atoms with Gasteiger partial charge in [-0.05, 0) is 83.0 Å². The molecule has 0 fully saturated rings. The minimum atomic E-state index is 0.310. The summed E-state index contributed by atoms with van der Waals surface area (Å²) in [7, 11) is 0. The van der Waals surface area contributed by atoms with Crippen molar-refractivity contribution < 1.29 is 4.42 Å². The average Bonchev–Trinajstić information content (AvgIpc) is 3.56. The summed E-state index contributed by atoms with van der Waals surface area (Å²) >= 11 is 0. The zero-order chi connectivity index (χ0) is 28.2. The Morgan fingerprint density at radius 1 is 0.683 bits per heavy atom. The van der Waals surface area contributed by atoms with E-state index in [1.165, 1.54) is 33.5 Å². The minimum absolute atomic E-state index is 0.310. The van der Waals surface area contributed by atoms with E-state index in [9.17, 15) is 0 Å². The molecule has 0 bridgehead atoms. The van der Waals surface area contributed by atoms with E-state index in [4.69, 9.17) is 9.40 Å². The van der Waals surface area contributed by atoms with Crippen LogP contribution < -0.4 is 0 Å². The summed E-state index contributed by atoms with van der Waals surface area (Å²) in [4.78, 5) is 5.29. The first kappa shape index (κ1) is 25.3. The zero-order valence-electron chi connectivity index (χ0n) is 24.3. The van der Waals surface area contributed by atoms with E-state index >= 15 is 0 Å². The smallest absolute Gasteiger partial charge is 0.149 e. The highest BCUT2D eigenvalue weighted by Gasteiger charge is 2.25. The summed E-state index contributed by atoms with van der Waals surface area (Å²) in [6.45, 7) is 11.3. The third-order valence-electron chi connectivity index (χ3n) is 8.28. The third kappa shape index (κ3) is 4.07. The molecule has 0 spiro atoms. The monoisotopic (exact) mass is 534 g/mol. The normalized spacial score (nSPS) is 12.0. The molecule has 0 saturated carbocycles. The van der Waals surface area contributed by atoms with Crippen molar-refractivity contribution in [2.75, 3.05) is 0 Å². The van der Waals surface area contributed by atoms with Gasteiger partial charge in [-0.1, -0.05) is 94.4 Å². The topological polar surface area (TPSA) is 31.0 Å². The van der Waals surface area contributed by atoms with E-state index in [0.717, 1.165) is 44.4 Å². The first-order valence-corrected chi connectivity index (χ1v) is 14.5. The summed E-state index contributed by atoms with van der Waals surface area (Å²) < 4.78 is 8.98. The molecule has 0 amide bonds. The molecule has 0 radical (unpaired) electrons. The highest BCUT2D eigenvalue weighted by molar-refractivity contribution is 6.11. The Hall–Kier alpha value is -4.63. The Morgan fingerprint density at radius 3 is 2.07 bits per heavy atom. The van der Waals surface area contributed by atoms with Crippen LogP contribution in [-0.2, 0) is 0 Å². The van der Waals surface area contributed by atoms with Gasteiger partial charge in [0.15, 0.2) is 0 Å². The van der Waals surface area contributed by atoms with Crippen LogP contribution in [0.4, 0.5) is 0 Å². The maximum Gasteiger partial charge on any atom is 0.149 e. The fourth-order valence-electron chi connectivity index (χ4n) is 6.22. The van der Waals surface area contributed by atoms with Gasteiger partial charge < -0.3 is 4.42 Å². The van der Waals surface area contributed by atoms with Crippen molar-refractivity contribution in [1.29, 1.82) is 0 Å². The van der Waals surface area contributed by atoms with Crippen LogP contribution in [0.2, 0.25) is 0 Å². The number of hydrogen-bond donors (Lipinski definition) is 0. The number of nitrogens with zero attached hydrogens (tertiary/aromatic N) is 2. The zero-order valence-corrected chi connectivity index (χ0v) is 24.3. The highest BCUT2D eigenvalue weighted by Crippen LogP contribution is 2.43. The number of aryl methyl sites for hydroxylation is 1. The van der Waals surface area contributed by atoms with Gasteiger partial charge in [-0.3, -0.25) is 4.57 Å². The lowest BCUT2D eigenvalue weighted by Gasteiger charge is -2.24. The predicted molar refractivity (Wildman–Crippen MR) is 172 cm³/mol. The van der Waals surface area contributed by atoms with Crippen molar-refractivity contribution >= 4 is 33.0 Å². The van der Waals surface area contributed by atoms with Gasteiger partial charge >= 0.3 is 0 Å². The van der Waals surface area contributed by atoms with E-state index in [0.29, 0.717) is 11.8 Å². The van der Waals surface area contributed by atoms with Gasteiger partial charge in [-0.25, -0.2) is 4.98 Å². The summed E-state index contributed by atoms with van der Waals surface area (Å²) in [6, 6.07) is 36.7. The molecule has 0 saturated heterocycles. The largest absolute Gasteiger partial charge is 0.455 e.